The summed E-state index contributed by atoms with van der Waals surface area (Å²) in [7, 11) is -1.68. The predicted octanol–water partition coefficient (Wildman–Crippen LogP) is 3.42. The molecule has 3 rings (SSSR count). The van der Waals surface area contributed by atoms with Crippen LogP contribution in [0.25, 0.3) is 0 Å². The fourth-order valence-corrected chi connectivity index (χ4v) is 4.53. The number of hydrogen-bond acceptors (Lipinski definition) is 4. The summed E-state index contributed by atoms with van der Waals surface area (Å²) >= 11 is 3.38. The maximum absolute atomic E-state index is 12.6. The van der Waals surface area contributed by atoms with Gasteiger partial charge in [-0.3, -0.25) is 4.79 Å². The Morgan fingerprint density at radius 3 is 2.70 bits per heavy atom. The largest absolute Gasteiger partial charge is 0.497 e. The summed E-state index contributed by atoms with van der Waals surface area (Å²) in [6.45, 7) is 2.47. The Balaban J connectivity index is 1.82. The molecule has 8 heteroatoms. The lowest BCUT2D eigenvalue weighted by molar-refractivity contribution is 0.102. The summed E-state index contributed by atoms with van der Waals surface area (Å²) in [6.07, 6.45) is 0.671. The number of halogens is 1. The highest BCUT2D eigenvalue weighted by molar-refractivity contribution is 9.10. The van der Waals surface area contributed by atoms with Gasteiger partial charge in [-0.05, 0) is 70.7 Å². The van der Waals surface area contributed by atoms with Crippen molar-refractivity contribution in [3.63, 3.8) is 0 Å². The molecule has 2 aromatic rings. The van der Waals surface area contributed by atoms with Crippen molar-refractivity contribution >= 4 is 37.5 Å². The van der Waals surface area contributed by atoms with Gasteiger partial charge in [0.15, 0.2) is 0 Å². The Morgan fingerprint density at radius 1 is 1.22 bits per heavy atom. The predicted molar refractivity (Wildman–Crippen MR) is 109 cm³/mol. The van der Waals surface area contributed by atoms with Gasteiger partial charge < -0.3 is 10.1 Å². The van der Waals surface area contributed by atoms with Crippen LogP contribution in [0.3, 0.4) is 0 Å². The number of amides is 1. The van der Waals surface area contributed by atoms with Crippen LogP contribution in [0.5, 0.6) is 5.75 Å². The minimum absolute atomic E-state index is 0.0859. The van der Waals surface area contributed by atoms with Gasteiger partial charge in [-0.1, -0.05) is 6.07 Å². The summed E-state index contributed by atoms with van der Waals surface area (Å²) in [5, 5.41) is 2.88. The van der Waals surface area contributed by atoms with E-state index in [-0.39, 0.29) is 11.7 Å². The number of nitrogens with zero attached hydrogens (tertiary/aromatic N) is 1. The van der Waals surface area contributed by atoms with Gasteiger partial charge >= 0.3 is 0 Å². The van der Waals surface area contributed by atoms with E-state index in [1.54, 1.807) is 32.2 Å². The standard InChI is InChI=1S/C19H21BrN2O4S/c1-3-27(24,25)22-9-8-13-4-5-15(10-14(13)12-22)21-19(23)17-11-16(26-2)6-7-18(17)20/h4-7,10-11H,3,8-9,12H2,1-2H3,(H,21,23). The molecule has 1 N–H and O–H groups in total. The number of benzene rings is 2. The minimum Gasteiger partial charge on any atom is -0.497 e. The van der Waals surface area contributed by atoms with E-state index in [1.165, 1.54) is 4.31 Å². The van der Waals surface area contributed by atoms with Gasteiger partial charge in [0, 0.05) is 23.2 Å². The second-order valence-corrected chi connectivity index (χ2v) is 9.38. The summed E-state index contributed by atoms with van der Waals surface area (Å²) in [5.74, 6) is 0.409. The molecule has 27 heavy (non-hydrogen) atoms. The second-order valence-electron chi connectivity index (χ2n) is 6.27. The molecule has 0 spiro atoms. The first kappa shape index (κ1) is 19.9. The van der Waals surface area contributed by atoms with Crippen LogP contribution in [-0.2, 0) is 23.0 Å². The minimum atomic E-state index is -3.23. The van der Waals surface area contributed by atoms with Crippen LogP contribution in [0.2, 0.25) is 0 Å². The van der Waals surface area contributed by atoms with E-state index in [0.29, 0.717) is 41.0 Å². The van der Waals surface area contributed by atoms with Gasteiger partial charge in [0.1, 0.15) is 5.75 Å². The van der Waals surface area contributed by atoms with Gasteiger partial charge in [-0.15, -0.1) is 0 Å². The molecule has 6 nitrogen and oxygen atoms in total. The lowest BCUT2D eigenvalue weighted by atomic mass is 10.0. The van der Waals surface area contributed by atoms with Gasteiger partial charge in [0.25, 0.3) is 5.91 Å². The van der Waals surface area contributed by atoms with Crippen LogP contribution >= 0.6 is 15.9 Å². The molecule has 0 atom stereocenters. The highest BCUT2D eigenvalue weighted by Crippen LogP contribution is 2.27. The van der Waals surface area contributed by atoms with Crippen molar-refractivity contribution in [2.75, 3.05) is 24.7 Å². The maximum Gasteiger partial charge on any atom is 0.256 e. The lowest BCUT2D eigenvalue weighted by Gasteiger charge is -2.28. The van der Waals surface area contributed by atoms with Gasteiger partial charge in [-0.2, -0.15) is 4.31 Å². The van der Waals surface area contributed by atoms with E-state index in [9.17, 15) is 13.2 Å². The monoisotopic (exact) mass is 452 g/mol. The number of carbonyl (C=O) groups excluding carboxylic acids is 1. The smallest absolute Gasteiger partial charge is 0.256 e. The van der Waals surface area contributed by atoms with Gasteiger partial charge in [0.05, 0.1) is 18.4 Å². The summed E-state index contributed by atoms with van der Waals surface area (Å²) in [4.78, 5) is 12.6. The van der Waals surface area contributed by atoms with E-state index >= 15 is 0 Å². The van der Waals surface area contributed by atoms with Crippen LogP contribution in [0.1, 0.15) is 28.4 Å². The average Bonchev–Trinajstić information content (AvgIpc) is 2.67. The number of anilines is 1. The number of rotatable bonds is 5. The van der Waals surface area contributed by atoms with Gasteiger partial charge in [0.2, 0.25) is 10.0 Å². The number of methoxy groups -OCH3 is 1. The molecule has 1 heterocycles. The first-order valence-corrected chi connectivity index (χ1v) is 11.0. The van der Waals surface area contributed by atoms with Crippen molar-refractivity contribution in [3.8, 4) is 5.75 Å². The van der Waals surface area contributed by atoms with Crippen LogP contribution in [-0.4, -0.2) is 38.0 Å². The van der Waals surface area contributed by atoms with Crippen molar-refractivity contribution < 1.29 is 17.9 Å². The van der Waals surface area contributed by atoms with Gasteiger partial charge in [-0.25, -0.2) is 8.42 Å². The molecule has 1 aliphatic rings. The van der Waals surface area contributed by atoms with Crippen molar-refractivity contribution in [1.29, 1.82) is 0 Å². The Morgan fingerprint density at radius 2 is 2.00 bits per heavy atom. The second kappa shape index (κ2) is 8.00. The molecule has 2 aromatic carbocycles. The Bertz CT molecular complexity index is 976. The zero-order valence-corrected chi connectivity index (χ0v) is 17.6. The lowest BCUT2D eigenvalue weighted by Crippen LogP contribution is -2.36. The fraction of sp³-hybridized carbons (Fsp3) is 0.316. The first-order chi connectivity index (χ1) is 12.8. The molecular formula is C19H21BrN2O4S. The average molecular weight is 453 g/mol. The quantitative estimate of drug-likeness (QED) is 0.753. The number of fused-ring (bicyclic) bond motifs is 1. The zero-order chi connectivity index (χ0) is 19.6. The molecular weight excluding hydrogens is 432 g/mol. The molecule has 0 saturated carbocycles. The highest BCUT2D eigenvalue weighted by Gasteiger charge is 2.25. The number of nitrogens with one attached hydrogen (secondary N) is 1. The number of ether oxygens (including phenoxy) is 1. The molecule has 0 fully saturated rings. The fourth-order valence-electron chi connectivity index (χ4n) is 3.03. The Hall–Kier alpha value is -1.90. The SMILES string of the molecule is CCS(=O)(=O)N1CCc2ccc(NC(=O)c3cc(OC)ccc3Br)cc2C1. The van der Waals surface area contributed by atoms with E-state index in [1.807, 2.05) is 18.2 Å². The number of hydrogen-bond donors (Lipinski definition) is 1. The molecule has 1 amide bonds. The highest BCUT2D eigenvalue weighted by atomic mass is 79.9. The third-order valence-electron chi connectivity index (χ3n) is 4.62. The topological polar surface area (TPSA) is 75.7 Å². The van der Waals surface area contributed by atoms with Crippen molar-refractivity contribution in [2.45, 2.75) is 19.9 Å². The van der Waals surface area contributed by atoms with E-state index in [0.717, 1.165) is 11.1 Å². The molecule has 0 radical (unpaired) electrons. The zero-order valence-electron chi connectivity index (χ0n) is 15.2. The molecule has 0 unspecified atom stereocenters. The molecule has 0 bridgehead atoms. The Kier molecular flexibility index (Phi) is 5.88. The third kappa shape index (κ3) is 4.34. The molecule has 0 saturated heterocycles. The van der Waals surface area contributed by atoms with Crippen LogP contribution in [0.4, 0.5) is 5.69 Å². The summed E-state index contributed by atoms with van der Waals surface area (Å²) in [5.41, 5.74) is 3.12. The van der Waals surface area contributed by atoms with E-state index in [4.69, 9.17) is 4.74 Å². The molecule has 0 aliphatic carbocycles. The summed E-state index contributed by atoms with van der Waals surface area (Å²) in [6, 6.07) is 10.8. The van der Waals surface area contributed by atoms with Crippen LogP contribution in [0.15, 0.2) is 40.9 Å². The summed E-state index contributed by atoms with van der Waals surface area (Å²) < 4.78 is 31.6. The van der Waals surface area contributed by atoms with Crippen molar-refractivity contribution in [2.24, 2.45) is 0 Å². The molecule has 0 aromatic heterocycles. The maximum atomic E-state index is 12.6. The van der Waals surface area contributed by atoms with E-state index < -0.39 is 10.0 Å². The number of carbonyl (C=O) groups is 1. The molecule has 144 valence electrons. The van der Waals surface area contributed by atoms with Crippen LogP contribution < -0.4 is 10.1 Å². The third-order valence-corrected chi connectivity index (χ3v) is 7.14. The van der Waals surface area contributed by atoms with E-state index in [2.05, 4.69) is 21.2 Å². The van der Waals surface area contributed by atoms with Crippen molar-refractivity contribution in [1.82, 2.24) is 4.31 Å². The number of sulfonamides is 1. The van der Waals surface area contributed by atoms with Crippen molar-refractivity contribution in [3.05, 3.63) is 57.6 Å². The molecule has 1 aliphatic heterocycles. The first-order valence-electron chi connectivity index (χ1n) is 8.58. The normalized spacial score (nSPS) is 14.5. The Labute approximate surface area is 167 Å². The van der Waals surface area contributed by atoms with Crippen LogP contribution in [0, 0.1) is 0 Å².